The highest BCUT2D eigenvalue weighted by molar-refractivity contribution is 6.37. The highest BCUT2D eigenvalue weighted by Gasteiger charge is 2.08. The van der Waals surface area contributed by atoms with E-state index in [2.05, 4.69) is 0 Å². The average Bonchev–Trinajstić information content (AvgIpc) is 2.54. The normalized spacial score (nSPS) is 11.3. The summed E-state index contributed by atoms with van der Waals surface area (Å²) in [4.78, 5) is 11.2. The Morgan fingerprint density at radius 3 is 2.50 bits per heavy atom. The van der Waals surface area contributed by atoms with E-state index in [0.29, 0.717) is 35.6 Å². The molecule has 1 aromatic rings. The number of carbonyl (C=O) groups excluding carboxylic acids is 1. The lowest BCUT2D eigenvalue weighted by atomic mass is 10.2. The number of benzene rings is 1. The van der Waals surface area contributed by atoms with Gasteiger partial charge in [-0.05, 0) is 24.6 Å². The van der Waals surface area contributed by atoms with Crippen molar-refractivity contribution >= 4 is 35.2 Å². The molecule has 0 spiro atoms. The van der Waals surface area contributed by atoms with E-state index in [0.717, 1.165) is 5.56 Å². The fraction of sp³-hybridized carbons (Fsp3) is 0.353. The molecule has 0 aliphatic carbocycles. The second-order valence-electron chi connectivity index (χ2n) is 4.45. The van der Waals surface area contributed by atoms with Crippen LogP contribution in [-0.2, 0) is 19.0 Å². The summed E-state index contributed by atoms with van der Waals surface area (Å²) in [6, 6.07) is 3.40. The Kier molecular flexibility index (Phi) is 10.2. The Balaban J connectivity index is 2.61. The number of hydrogen-bond donors (Lipinski definition) is 0. The van der Waals surface area contributed by atoms with Gasteiger partial charge < -0.3 is 18.9 Å². The molecule has 0 aromatic heterocycles. The summed E-state index contributed by atoms with van der Waals surface area (Å²) in [5.41, 5.74) is 0.770. The van der Waals surface area contributed by atoms with Crippen molar-refractivity contribution in [3.05, 3.63) is 46.0 Å². The topological polar surface area (TPSA) is 54.0 Å². The molecule has 0 saturated heterocycles. The summed E-state index contributed by atoms with van der Waals surface area (Å²) in [6.45, 7) is 3.01. The van der Waals surface area contributed by atoms with Crippen LogP contribution < -0.4 is 4.74 Å². The zero-order valence-corrected chi connectivity index (χ0v) is 15.1. The maximum atomic E-state index is 11.2. The number of halogens is 2. The second kappa shape index (κ2) is 11.9. The molecule has 7 heteroatoms. The minimum atomic E-state index is -0.393. The molecule has 132 valence electrons. The molecule has 0 amide bonds. The van der Waals surface area contributed by atoms with Gasteiger partial charge in [0.25, 0.3) is 0 Å². The third-order valence-electron chi connectivity index (χ3n) is 2.66. The maximum absolute atomic E-state index is 11.2. The fourth-order valence-corrected chi connectivity index (χ4v) is 2.22. The van der Waals surface area contributed by atoms with E-state index < -0.39 is 5.97 Å². The molecule has 0 bridgehead atoms. The quantitative estimate of drug-likeness (QED) is 0.202. The monoisotopic (exact) mass is 374 g/mol. The van der Waals surface area contributed by atoms with E-state index in [-0.39, 0.29) is 6.79 Å². The number of allylic oxidation sites excluding steroid dienone is 2. The molecule has 0 radical (unpaired) electrons. The van der Waals surface area contributed by atoms with Crippen LogP contribution in [-0.4, -0.2) is 39.7 Å². The van der Waals surface area contributed by atoms with Crippen LogP contribution in [0, 0.1) is 0 Å². The average molecular weight is 375 g/mol. The van der Waals surface area contributed by atoms with Crippen molar-refractivity contribution < 1.29 is 23.7 Å². The number of esters is 1. The maximum Gasteiger partial charge on any atom is 0.330 e. The van der Waals surface area contributed by atoms with Gasteiger partial charge in [-0.1, -0.05) is 41.4 Å². The highest BCUT2D eigenvalue weighted by Crippen LogP contribution is 2.34. The SMILES string of the molecule is CCOC(=O)C=CC=Cc1cc(Cl)c(OCOCCOC)c(Cl)c1. The molecule has 0 heterocycles. The largest absolute Gasteiger partial charge is 0.464 e. The van der Waals surface area contributed by atoms with Crippen molar-refractivity contribution in [3.8, 4) is 5.75 Å². The summed E-state index contributed by atoms with van der Waals surface area (Å²) in [6.07, 6.45) is 6.35. The van der Waals surface area contributed by atoms with Gasteiger partial charge in [0.15, 0.2) is 12.5 Å². The minimum absolute atomic E-state index is 0.0280. The van der Waals surface area contributed by atoms with Crippen molar-refractivity contribution in [2.75, 3.05) is 33.7 Å². The molecule has 5 nitrogen and oxygen atoms in total. The molecule has 0 fully saturated rings. The molecule has 0 aliphatic rings. The van der Waals surface area contributed by atoms with E-state index in [9.17, 15) is 4.79 Å². The Morgan fingerprint density at radius 2 is 1.88 bits per heavy atom. The molecule has 1 rings (SSSR count). The summed E-state index contributed by atoms with van der Waals surface area (Å²) < 4.78 is 20.3. The lowest BCUT2D eigenvalue weighted by molar-refractivity contribution is -0.137. The smallest absolute Gasteiger partial charge is 0.330 e. The summed E-state index contributed by atoms with van der Waals surface area (Å²) in [5.74, 6) is -0.0367. The van der Waals surface area contributed by atoms with Crippen LogP contribution in [0.3, 0.4) is 0 Å². The fourth-order valence-electron chi connectivity index (χ4n) is 1.61. The van der Waals surface area contributed by atoms with E-state index in [4.69, 9.17) is 42.1 Å². The van der Waals surface area contributed by atoms with Crippen LogP contribution in [0.25, 0.3) is 6.08 Å². The van der Waals surface area contributed by atoms with Gasteiger partial charge in [0.2, 0.25) is 0 Å². The van der Waals surface area contributed by atoms with Crippen molar-refractivity contribution in [3.63, 3.8) is 0 Å². The van der Waals surface area contributed by atoms with Crippen LogP contribution in [0.2, 0.25) is 10.0 Å². The van der Waals surface area contributed by atoms with Gasteiger partial charge in [-0.3, -0.25) is 0 Å². The number of carbonyl (C=O) groups is 1. The van der Waals surface area contributed by atoms with Gasteiger partial charge in [-0.25, -0.2) is 4.79 Å². The molecular weight excluding hydrogens is 355 g/mol. The van der Waals surface area contributed by atoms with Crippen LogP contribution in [0.15, 0.2) is 30.4 Å². The van der Waals surface area contributed by atoms with E-state index >= 15 is 0 Å². The first-order valence-electron chi connectivity index (χ1n) is 7.28. The van der Waals surface area contributed by atoms with Crippen LogP contribution >= 0.6 is 23.2 Å². The molecule has 0 aliphatic heterocycles. The van der Waals surface area contributed by atoms with Gasteiger partial charge in [0.05, 0.1) is 29.9 Å². The zero-order chi connectivity index (χ0) is 17.8. The Morgan fingerprint density at radius 1 is 1.17 bits per heavy atom. The highest BCUT2D eigenvalue weighted by atomic mass is 35.5. The van der Waals surface area contributed by atoms with Gasteiger partial charge in [-0.15, -0.1) is 0 Å². The van der Waals surface area contributed by atoms with E-state index in [1.807, 2.05) is 0 Å². The summed E-state index contributed by atoms with van der Waals surface area (Å²) in [5, 5.41) is 0.735. The summed E-state index contributed by atoms with van der Waals surface area (Å²) in [7, 11) is 1.59. The second-order valence-corrected chi connectivity index (χ2v) is 5.26. The first-order valence-corrected chi connectivity index (χ1v) is 8.04. The number of methoxy groups -OCH3 is 1. The zero-order valence-electron chi connectivity index (χ0n) is 13.6. The van der Waals surface area contributed by atoms with Gasteiger partial charge >= 0.3 is 5.97 Å². The predicted molar refractivity (Wildman–Crippen MR) is 94.6 cm³/mol. The molecule has 0 unspecified atom stereocenters. The Labute approximate surface area is 151 Å². The molecule has 24 heavy (non-hydrogen) atoms. The lowest BCUT2D eigenvalue weighted by Crippen LogP contribution is -2.08. The van der Waals surface area contributed by atoms with Crippen molar-refractivity contribution in [2.45, 2.75) is 6.92 Å². The van der Waals surface area contributed by atoms with Crippen LogP contribution in [0.1, 0.15) is 12.5 Å². The van der Waals surface area contributed by atoms with Crippen LogP contribution in [0.5, 0.6) is 5.75 Å². The first kappa shape index (κ1) is 20.5. The minimum Gasteiger partial charge on any atom is -0.464 e. The van der Waals surface area contributed by atoms with Crippen molar-refractivity contribution in [1.29, 1.82) is 0 Å². The van der Waals surface area contributed by atoms with Gasteiger partial charge in [-0.2, -0.15) is 0 Å². The van der Waals surface area contributed by atoms with E-state index in [1.54, 1.807) is 44.4 Å². The molecule has 0 saturated carbocycles. The molecule has 0 N–H and O–H groups in total. The first-order chi connectivity index (χ1) is 11.6. The molecular formula is C17H20Cl2O5. The number of hydrogen-bond acceptors (Lipinski definition) is 5. The van der Waals surface area contributed by atoms with Gasteiger partial charge in [0, 0.05) is 13.2 Å². The Hall–Kier alpha value is -1.53. The van der Waals surface area contributed by atoms with Crippen molar-refractivity contribution in [1.82, 2.24) is 0 Å². The summed E-state index contributed by atoms with van der Waals surface area (Å²) >= 11 is 12.3. The number of ether oxygens (including phenoxy) is 4. The third kappa shape index (κ3) is 7.84. The van der Waals surface area contributed by atoms with E-state index in [1.165, 1.54) is 6.08 Å². The van der Waals surface area contributed by atoms with Gasteiger partial charge in [0.1, 0.15) is 0 Å². The molecule has 0 atom stereocenters. The predicted octanol–water partition coefficient (Wildman–Crippen LogP) is 4.13. The Bertz CT molecular complexity index is 561. The third-order valence-corrected chi connectivity index (χ3v) is 3.22. The number of rotatable bonds is 10. The van der Waals surface area contributed by atoms with Crippen LogP contribution in [0.4, 0.5) is 0 Å². The lowest BCUT2D eigenvalue weighted by Gasteiger charge is -2.11. The molecule has 1 aromatic carbocycles. The standard InChI is InChI=1S/C17H20Cl2O5/c1-3-23-16(20)7-5-4-6-13-10-14(18)17(15(19)11-13)24-12-22-9-8-21-2/h4-7,10-11H,3,8-9,12H2,1-2H3. The van der Waals surface area contributed by atoms with Crippen molar-refractivity contribution in [2.24, 2.45) is 0 Å².